The molecule has 0 saturated heterocycles. The first-order valence-corrected chi connectivity index (χ1v) is 3.81. The fraction of sp³-hybridized carbons (Fsp3) is 0.333. The quantitative estimate of drug-likeness (QED) is 0.529. The number of halogens is 1. The fourth-order valence-electron chi connectivity index (χ4n) is 0.380. The molecule has 0 amide bonds. The van der Waals surface area contributed by atoms with Crippen molar-refractivity contribution in [3.05, 3.63) is 11.8 Å². The molecule has 56 valence electrons. The van der Waals surface area contributed by atoms with Gasteiger partial charge in [-0.2, -0.15) is 0 Å². The minimum atomic E-state index is -0.259. The molecule has 0 bridgehead atoms. The second-order valence-corrected chi connectivity index (χ2v) is 2.42. The minimum absolute atomic E-state index is 0.0584. The molecule has 0 rings (SSSR count). The number of alkyl halides is 1. The van der Waals surface area contributed by atoms with Crippen LogP contribution >= 0.6 is 15.9 Å². The summed E-state index contributed by atoms with van der Waals surface area (Å²) >= 11 is 2.94. The molecule has 0 unspecified atom stereocenters. The summed E-state index contributed by atoms with van der Waals surface area (Å²) in [6.45, 7) is 1.63. The molecule has 0 aromatic rings. The molecule has 0 aliphatic rings. The van der Waals surface area contributed by atoms with Crippen molar-refractivity contribution in [2.24, 2.45) is 5.73 Å². The standard InChI is InChI=1S/C6H9BrN2O/c1-4(8)2-5(9)6(10)3-7/h2,9H,3,8H2,1H3. The Morgan fingerprint density at radius 3 is 2.60 bits per heavy atom. The van der Waals surface area contributed by atoms with Crippen LogP contribution in [0.5, 0.6) is 0 Å². The van der Waals surface area contributed by atoms with Gasteiger partial charge in [-0.05, 0) is 13.0 Å². The van der Waals surface area contributed by atoms with E-state index >= 15 is 0 Å². The Bertz CT molecular complexity index is 182. The molecule has 0 saturated carbocycles. The average molecular weight is 205 g/mol. The highest BCUT2D eigenvalue weighted by molar-refractivity contribution is 9.09. The number of hydrogen-bond acceptors (Lipinski definition) is 3. The number of ketones is 1. The van der Waals surface area contributed by atoms with Crippen LogP contribution < -0.4 is 5.73 Å². The molecule has 0 spiro atoms. The summed E-state index contributed by atoms with van der Waals surface area (Å²) in [4.78, 5) is 10.7. The van der Waals surface area contributed by atoms with Crippen LogP contribution in [-0.4, -0.2) is 16.8 Å². The van der Waals surface area contributed by atoms with Crippen LogP contribution in [0, 0.1) is 5.41 Å². The molecule has 0 aliphatic heterocycles. The second-order valence-electron chi connectivity index (χ2n) is 1.86. The van der Waals surface area contributed by atoms with Gasteiger partial charge in [0, 0.05) is 5.70 Å². The van der Waals surface area contributed by atoms with E-state index in [1.54, 1.807) is 6.92 Å². The van der Waals surface area contributed by atoms with E-state index in [9.17, 15) is 4.79 Å². The summed E-state index contributed by atoms with van der Waals surface area (Å²) in [5.74, 6) is -0.259. The zero-order chi connectivity index (χ0) is 8.15. The Morgan fingerprint density at radius 2 is 2.30 bits per heavy atom. The van der Waals surface area contributed by atoms with Crippen molar-refractivity contribution in [3.8, 4) is 0 Å². The first-order valence-electron chi connectivity index (χ1n) is 2.69. The lowest BCUT2D eigenvalue weighted by molar-refractivity contribution is -0.110. The molecule has 0 aromatic heterocycles. The molecule has 0 atom stereocenters. The van der Waals surface area contributed by atoms with Crippen LogP contribution in [0.25, 0.3) is 0 Å². The minimum Gasteiger partial charge on any atom is -0.402 e. The molecule has 0 radical (unpaired) electrons. The van der Waals surface area contributed by atoms with Gasteiger partial charge < -0.3 is 5.73 Å². The summed E-state index contributed by atoms with van der Waals surface area (Å²) in [6.07, 6.45) is 1.34. The Kier molecular flexibility index (Phi) is 3.95. The zero-order valence-corrected chi connectivity index (χ0v) is 7.23. The third-order valence-electron chi connectivity index (χ3n) is 0.794. The second kappa shape index (κ2) is 4.22. The van der Waals surface area contributed by atoms with Gasteiger partial charge in [0.15, 0.2) is 5.78 Å². The van der Waals surface area contributed by atoms with Gasteiger partial charge in [-0.15, -0.1) is 0 Å². The maximum Gasteiger partial charge on any atom is 0.190 e. The molecule has 10 heavy (non-hydrogen) atoms. The Morgan fingerprint density at radius 1 is 1.80 bits per heavy atom. The van der Waals surface area contributed by atoms with Crippen LogP contribution in [0.4, 0.5) is 0 Å². The van der Waals surface area contributed by atoms with E-state index in [-0.39, 0.29) is 16.8 Å². The largest absolute Gasteiger partial charge is 0.402 e. The van der Waals surface area contributed by atoms with Crippen LogP contribution in [0.1, 0.15) is 6.92 Å². The average Bonchev–Trinajstić information content (AvgIpc) is 1.85. The van der Waals surface area contributed by atoms with Gasteiger partial charge in [0.25, 0.3) is 0 Å². The molecule has 4 heteroatoms. The number of allylic oxidation sites excluding steroid dienone is 2. The van der Waals surface area contributed by atoms with E-state index in [1.807, 2.05) is 0 Å². The number of carbonyl (C=O) groups excluding carboxylic acids is 1. The number of nitrogens with one attached hydrogen (secondary N) is 1. The zero-order valence-electron chi connectivity index (χ0n) is 5.65. The van der Waals surface area contributed by atoms with Crippen molar-refractivity contribution in [2.75, 3.05) is 5.33 Å². The first-order chi connectivity index (χ1) is 4.57. The summed E-state index contributed by atoms with van der Waals surface area (Å²) in [7, 11) is 0. The summed E-state index contributed by atoms with van der Waals surface area (Å²) < 4.78 is 0. The Balaban J connectivity index is 4.11. The lowest BCUT2D eigenvalue weighted by atomic mass is 10.2. The van der Waals surface area contributed by atoms with E-state index in [0.717, 1.165) is 0 Å². The fourth-order valence-corrected chi connectivity index (χ4v) is 0.682. The lowest BCUT2D eigenvalue weighted by Gasteiger charge is -1.92. The molecule has 0 aliphatic carbocycles. The van der Waals surface area contributed by atoms with E-state index < -0.39 is 0 Å². The highest BCUT2D eigenvalue weighted by Crippen LogP contribution is 1.89. The smallest absolute Gasteiger partial charge is 0.190 e. The van der Waals surface area contributed by atoms with Gasteiger partial charge in [0.05, 0.1) is 11.0 Å². The van der Waals surface area contributed by atoms with Crippen molar-refractivity contribution in [3.63, 3.8) is 0 Å². The van der Waals surface area contributed by atoms with Crippen molar-refractivity contribution >= 4 is 27.4 Å². The van der Waals surface area contributed by atoms with Crippen molar-refractivity contribution < 1.29 is 4.79 Å². The summed E-state index contributed by atoms with van der Waals surface area (Å²) in [6, 6.07) is 0. The first kappa shape index (κ1) is 9.36. The molecule has 0 heterocycles. The van der Waals surface area contributed by atoms with Crippen molar-refractivity contribution in [1.82, 2.24) is 0 Å². The predicted octanol–water partition coefficient (Wildman–Crippen LogP) is 0.833. The third-order valence-corrected chi connectivity index (χ3v) is 1.30. The maximum atomic E-state index is 10.7. The molecule has 3 N–H and O–H groups in total. The van der Waals surface area contributed by atoms with Gasteiger partial charge in [0.1, 0.15) is 0 Å². The Labute approximate surface area is 67.9 Å². The summed E-state index contributed by atoms with van der Waals surface area (Å²) in [5, 5.41) is 7.27. The number of nitrogens with two attached hydrogens (primary N) is 1. The van der Waals surface area contributed by atoms with Crippen LogP contribution in [0.3, 0.4) is 0 Å². The van der Waals surface area contributed by atoms with Crippen LogP contribution in [-0.2, 0) is 4.79 Å². The van der Waals surface area contributed by atoms with E-state index in [2.05, 4.69) is 15.9 Å². The van der Waals surface area contributed by atoms with Crippen LogP contribution in [0.15, 0.2) is 11.8 Å². The molecule has 0 aromatic carbocycles. The molecule has 0 fully saturated rings. The van der Waals surface area contributed by atoms with Crippen molar-refractivity contribution in [2.45, 2.75) is 6.92 Å². The van der Waals surface area contributed by atoms with Gasteiger partial charge in [-0.1, -0.05) is 15.9 Å². The van der Waals surface area contributed by atoms with E-state index in [1.165, 1.54) is 6.08 Å². The number of Topliss-reactive ketones (excluding diaryl/α,β-unsaturated/α-hetero) is 1. The molecule has 3 nitrogen and oxygen atoms in total. The normalized spacial score (nSPS) is 11.2. The maximum absolute atomic E-state index is 10.7. The molecular formula is C6H9BrN2O. The Hall–Kier alpha value is -0.640. The SMILES string of the molecule is CC(N)=CC(=N)C(=O)CBr. The lowest BCUT2D eigenvalue weighted by Crippen LogP contribution is -2.12. The molecular weight excluding hydrogens is 196 g/mol. The van der Waals surface area contributed by atoms with Gasteiger partial charge >= 0.3 is 0 Å². The number of hydrogen-bond donors (Lipinski definition) is 2. The monoisotopic (exact) mass is 204 g/mol. The third kappa shape index (κ3) is 3.40. The highest BCUT2D eigenvalue weighted by atomic mass is 79.9. The van der Waals surface area contributed by atoms with Crippen molar-refractivity contribution in [1.29, 1.82) is 5.41 Å². The van der Waals surface area contributed by atoms with Gasteiger partial charge in [0.2, 0.25) is 0 Å². The van der Waals surface area contributed by atoms with Gasteiger partial charge in [-0.3, -0.25) is 10.2 Å². The highest BCUT2D eigenvalue weighted by Gasteiger charge is 2.02. The summed E-state index contributed by atoms with van der Waals surface area (Å²) in [5.41, 5.74) is 5.65. The van der Waals surface area contributed by atoms with E-state index in [4.69, 9.17) is 11.1 Å². The van der Waals surface area contributed by atoms with Gasteiger partial charge in [-0.25, -0.2) is 0 Å². The number of rotatable bonds is 3. The predicted molar refractivity (Wildman–Crippen MR) is 44.5 cm³/mol. The van der Waals surface area contributed by atoms with Crippen LogP contribution in [0.2, 0.25) is 0 Å². The van der Waals surface area contributed by atoms with E-state index in [0.29, 0.717) is 5.70 Å². The number of carbonyl (C=O) groups is 1. The topological polar surface area (TPSA) is 66.9 Å².